The molecule has 5 rings (SSSR count). The Bertz CT molecular complexity index is 1520. The molecule has 0 bridgehead atoms. The monoisotopic (exact) mass is 539 g/mol. The molecule has 1 N–H and O–H groups in total. The van der Waals surface area contributed by atoms with E-state index in [1.807, 2.05) is 39.0 Å². The van der Waals surface area contributed by atoms with Gasteiger partial charge in [-0.2, -0.15) is 4.31 Å². The van der Waals surface area contributed by atoms with Crippen molar-refractivity contribution in [3.8, 4) is 11.5 Å². The van der Waals surface area contributed by atoms with Crippen LogP contribution in [0.3, 0.4) is 0 Å². The Hall–Kier alpha value is -3.37. The molecule has 0 saturated carbocycles. The molecular formula is C28H33N3O6S. The number of hydrogen-bond acceptors (Lipinski definition) is 6. The number of ether oxygens (including phenoxy) is 2. The standard InChI is InChI=1S/C28H33N3O6S/c1-4-30-16-23(28(33)29-13-20-17-36-25-7-5-6-8-26(25)37-20)27(32)22-12-21(9-10-24(22)30)38(34,35)31-14-18(2)11-19(3)15-31/h5-10,12,16,18-20H,4,11,13-15,17H2,1-3H3,(H,29,33)/t18-,19+,20-/m0/s1. The van der Waals surface area contributed by atoms with Gasteiger partial charge in [0, 0.05) is 31.2 Å². The first-order chi connectivity index (χ1) is 18.2. The van der Waals surface area contributed by atoms with Crippen LogP contribution >= 0.6 is 0 Å². The van der Waals surface area contributed by atoms with Crippen molar-refractivity contribution in [1.82, 2.24) is 14.2 Å². The molecule has 1 amide bonds. The maximum atomic E-state index is 13.5. The molecule has 0 spiro atoms. The van der Waals surface area contributed by atoms with Crippen molar-refractivity contribution in [1.29, 1.82) is 0 Å². The molecule has 1 aromatic heterocycles. The molecule has 0 radical (unpaired) electrons. The Balaban J connectivity index is 1.42. The van der Waals surface area contributed by atoms with Crippen LogP contribution in [0.5, 0.6) is 11.5 Å². The minimum absolute atomic E-state index is 0.0498. The zero-order valence-corrected chi connectivity index (χ0v) is 22.7. The smallest absolute Gasteiger partial charge is 0.256 e. The summed E-state index contributed by atoms with van der Waals surface area (Å²) in [6.45, 7) is 7.81. The lowest BCUT2D eigenvalue weighted by atomic mass is 9.94. The first-order valence-corrected chi connectivity index (χ1v) is 14.5. The third kappa shape index (κ3) is 5.02. The normalized spacial score (nSPS) is 21.8. The number of nitrogens with one attached hydrogen (secondary N) is 1. The molecule has 0 unspecified atom stereocenters. The Morgan fingerprint density at radius 1 is 1.08 bits per heavy atom. The predicted molar refractivity (Wildman–Crippen MR) is 144 cm³/mol. The maximum Gasteiger partial charge on any atom is 0.256 e. The van der Waals surface area contributed by atoms with Gasteiger partial charge in [0.25, 0.3) is 5.91 Å². The van der Waals surface area contributed by atoms with E-state index in [0.717, 1.165) is 6.42 Å². The second-order valence-corrected chi connectivity index (χ2v) is 12.3. The fourth-order valence-corrected chi connectivity index (χ4v) is 7.08. The van der Waals surface area contributed by atoms with E-state index in [1.165, 1.54) is 16.6 Å². The molecule has 10 heteroatoms. The van der Waals surface area contributed by atoms with E-state index in [4.69, 9.17) is 9.47 Å². The number of sulfonamides is 1. The van der Waals surface area contributed by atoms with Gasteiger partial charge in [-0.05, 0) is 55.5 Å². The van der Waals surface area contributed by atoms with Crippen molar-refractivity contribution in [2.24, 2.45) is 11.8 Å². The number of fused-ring (bicyclic) bond motifs is 2. The van der Waals surface area contributed by atoms with E-state index in [0.29, 0.717) is 36.6 Å². The van der Waals surface area contributed by atoms with E-state index in [1.54, 1.807) is 22.8 Å². The van der Waals surface area contributed by atoms with Crippen LogP contribution in [0.4, 0.5) is 0 Å². The average Bonchev–Trinajstić information content (AvgIpc) is 2.91. The number of carbonyl (C=O) groups excluding carboxylic acids is 1. The molecule has 202 valence electrons. The van der Waals surface area contributed by atoms with Gasteiger partial charge in [-0.3, -0.25) is 9.59 Å². The van der Waals surface area contributed by atoms with Crippen LogP contribution < -0.4 is 20.2 Å². The lowest BCUT2D eigenvalue weighted by Gasteiger charge is -2.34. The zero-order valence-electron chi connectivity index (χ0n) is 21.8. The number of benzene rings is 2. The molecule has 2 aliphatic rings. The highest BCUT2D eigenvalue weighted by atomic mass is 32.2. The van der Waals surface area contributed by atoms with Crippen molar-refractivity contribution in [2.45, 2.75) is 44.7 Å². The summed E-state index contributed by atoms with van der Waals surface area (Å²) < 4.78 is 41.8. The van der Waals surface area contributed by atoms with Gasteiger partial charge in [0.1, 0.15) is 18.3 Å². The number of rotatable bonds is 6. The summed E-state index contributed by atoms with van der Waals surface area (Å²) in [4.78, 5) is 26.7. The molecule has 2 aromatic carbocycles. The minimum atomic E-state index is -3.78. The van der Waals surface area contributed by atoms with Gasteiger partial charge in [-0.25, -0.2) is 8.42 Å². The van der Waals surface area contributed by atoms with Crippen molar-refractivity contribution in [2.75, 3.05) is 26.2 Å². The molecule has 3 aromatic rings. The van der Waals surface area contributed by atoms with Crippen LogP contribution in [-0.4, -0.2) is 55.5 Å². The van der Waals surface area contributed by atoms with Crippen LogP contribution in [0.25, 0.3) is 10.9 Å². The number of pyridine rings is 1. The number of carbonyl (C=O) groups is 1. The molecular weight excluding hydrogens is 506 g/mol. The van der Waals surface area contributed by atoms with Crippen molar-refractivity contribution >= 4 is 26.8 Å². The number of aryl methyl sites for hydroxylation is 1. The van der Waals surface area contributed by atoms with E-state index < -0.39 is 27.5 Å². The molecule has 0 aliphatic carbocycles. The van der Waals surface area contributed by atoms with Crippen LogP contribution in [0.2, 0.25) is 0 Å². The SMILES string of the molecule is CCn1cc(C(=O)NC[C@H]2COc3ccccc3O2)c(=O)c2cc(S(=O)(=O)N3C[C@H](C)C[C@H](C)C3)ccc21. The number of nitrogens with zero attached hydrogens (tertiary/aromatic N) is 2. The first-order valence-electron chi connectivity index (χ1n) is 13.0. The van der Waals surface area contributed by atoms with Crippen molar-refractivity contribution < 1.29 is 22.7 Å². The Labute approximate surface area is 222 Å². The van der Waals surface area contributed by atoms with Crippen LogP contribution in [0.1, 0.15) is 37.6 Å². The van der Waals surface area contributed by atoms with Gasteiger partial charge in [0.2, 0.25) is 15.5 Å². The van der Waals surface area contributed by atoms with Gasteiger partial charge in [0.05, 0.1) is 17.0 Å². The highest BCUT2D eigenvalue weighted by molar-refractivity contribution is 7.89. The topological polar surface area (TPSA) is 107 Å². The second kappa shape index (κ2) is 10.4. The van der Waals surface area contributed by atoms with E-state index in [9.17, 15) is 18.0 Å². The molecule has 3 atom stereocenters. The summed E-state index contributed by atoms with van der Waals surface area (Å²) in [6, 6.07) is 11.9. The van der Waals surface area contributed by atoms with Crippen molar-refractivity contribution in [3.05, 3.63) is 64.4 Å². The fraction of sp³-hybridized carbons (Fsp3) is 0.429. The third-order valence-electron chi connectivity index (χ3n) is 7.17. The van der Waals surface area contributed by atoms with Crippen LogP contribution in [-0.2, 0) is 16.6 Å². The Morgan fingerprint density at radius 3 is 2.50 bits per heavy atom. The maximum absolute atomic E-state index is 13.5. The molecule has 1 saturated heterocycles. The van der Waals surface area contributed by atoms with E-state index in [2.05, 4.69) is 5.32 Å². The van der Waals surface area contributed by atoms with Crippen LogP contribution in [0, 0.1) is 11.8 Å². The summed E-state index contributed by atoms with van der Waals surface area (Å²) in [6.07, 6.45) is 2.10. The predicted octanol–water partition coefficient (Wildman–Crippen LogP) is 3.26. The Morgan fingerprint density at radius 2 is 1.79 bits per heavy atom. The van der Waals surface area contributed by atoms with Gasteiger partial charge < -0.3 is 19.4 Å². The Kier molecular flexibility index (Phi) is 7.19. The summed E-state index contributed by atoms with van der Waals surface area (Å²) >= 11 is 0. The molecule has 2 aliphatic heterocycles. The van der Waals surface area contributed by atoms with Gasteiger partial charge in [0.15, 0.2) is 11.5 Å². The number of piperidine rings is 1. The number of hydrogen-bond donors (Lipinski definition) is 1. The molecule has 9 nitrogen and oxygen atoms in total. The molecule has 1 fully saturated rings. The molecule has 3 heterocycles. The minimum Gasteiger partial charge on any atom is -0.486 e. The number of amides is 1. The summed E-state index contributed by atoms with van der Waals surface area (Å²) in [5, 5.41) is 2.98. The van der Waals surface area contributed by atoms with Gasteiger partial charge in [-0.15, -0.1) is 0 Å². The van der Waals surface area contributed by atoms with Crippen LogP contribution in [0.15, 0.2) is 58.4 Å². The highest BCUT2D eigenvalue weighted by Crippen LogP contribution is 2.31. The van der Waals surface area contributed by atoms with Gasteiger partial charge in [-0.1, -0.05) is 26.0 Å². The lowest BCUT2D eigenvalue weighted by Crippen LogP contribution is -2.42. The zero-order chi connectivity index (χ0) is 27.0. The molecule has 38 heavy (non-hydrogen) atoms. The summed E-state index contributed by atoms with van der Waals surface area (Å²) in [7, 11) is -3.78. The number of aromatic nitrogens is 1. The quantitative estimate of drug-likeness (QED) is 0.515. The number of para-hydroxylation sites is 2. The first kappa shape index (κ1) is 26.2. The van der Waals surface area contributed by atoms with E-state index >= 15 is 0 Å². The van der Waals surface area contributed by atoms with E-state index in [-0.39, 0.29) is 40.8 Å². The fourth-order valence-electron chi connectivity index (χ4n) is 5.38. The average molecular weight is 540 g/mol. The summed E-state index contributed by atoms with van der Waals surface area (Å²) in [5.74, 6) is 1.22. The third-order valence-corrected chi connectivity index (χ3v) is 9.00. The van der Waals surface area contributed by atoms with Crippen molar-refractivity contribution in [3.63, 3.8) is 0 Å². The highest BCUT2D eigenvalue weighted by Gasteiger charge is 2.32. The largest absolute Gasteiger partial charge is 0.486 e. The second-order valence-electron chi connectivity index (χ2n) is 10.3. The lowest BCUT2D eigenvalue weighted by molar-refractivity contribution is 0.0788. The van der Waals surface area contributed by atoms with Gasteiger partial charge >= 0.3 is 0 Å². The summed E-state index contributed by atoms with van der Waals surface area (Å²) in [5.41, 5.74) is 0.0195.